The fourth-order valence-electron chi connectivity index (χ4n) is 2.79. The number of rotatable bonds is 2. The van der Waals surface area contributed by atoms with Crippen LogP contribution in [0.15, 0.2) is 47.8 Å². The van der Waals surface area contributed by atoms with E-state index in [2.05, 4.69) is 49.6 Å². The van der Waals surface area contributed by atoms with Gasteiger partial charge in [-0.25, -0.2) is 0 Å². The highest BCUT2D eigenvalue weighted by Crippen LogP contribution is 2.37. The Morgan fingerprint density at radius 1 is 1.00 bits per heavy atom. The minimum Gasteiger partial charge on any atom is -0.381 e. The van der Waals surface area contributed by atoms with Crippen LogP contribution in [-0.4, -0.2) is 5.11 Å². The Kier molecular flexibility index (Phi) is 3.15. The Morgan fingerprint density at radius 2 is 1.70 bits per heavy atom. The van der Waals surface area contributed by atoms with Gasteiger partial charge in [0.2, 0.25) is 0 Å². The number of hydrogen-bond acceptors (Lipinski definition) is 2. The van der Waals surface area contributed by atoms with E-state index in [1.807, 2.05) is 19.1 Å². The summed E-state index contributed by atoms with van der Waals surface area (Å²) in [7, 11) is 0. The maximum Gasteiger partial charge on any atom is 0.113 e. The highest BCUT2D eigenvalue weighted by atomic mass is 32.1. The summed E-state index contributed by atoms with van der Waals surface area (Å²) in [4.78, 5) is 0. The normalized spacial score (nSPS) is 14.4. The van der Waals surface area contributed by atoms with E-state index in [-0.39, 0.29) is 0 Å². The van der Waals surface area contributed by atoms with Crippen LogP contribution in [0, 0.1) is 13.8 Å². The van der Waals surface area contributed by atoms with E-state index in [0.717, 1.165) is 15.8 Å². The summed E-state index contributed by atoms with van der Waals surface area (Å²) in [5.41, 5.74) is 3.32. The van der Waals surface area contributed by atoms with Crippen molar-refractivity contribution >= 4 is 21.4 Å². The molecule has 0 radical (unpaired) electrons. The van der Waals surface area contributed by atoms with Gasteiger partial charge in [-0.2, -0.15) is 0 Å². The summed E-state index contributed by atoms with van der Waals surface area (Å²) in [5.74, 6) is 0. The van der Waals surface area contributed by atoms with E-state index >= 15 is 0 Å². The van der Waals surface area contributed by atoms with E-state index in [1.165, 1.54) is 16.5 Å². The van der Waals surface area contributed by atoms with Gasteiger partial charge in [0.25, 0.3) is 0 Å². The van der Waals surface area contributed by atoms with Crippen LogP contribution < -0.4 is 0 Å². The molecule has 0 aliphatic rings. The molecule has 1 aromatic heterocycles. The highest BCUT2D eigenvalue weighted by molar-refractivity contribution is 7.17. The van der Waals surface area contributed by atoms with Crippen LogP contribution in [-0.2, 0) is 5.60 Å². The zero-order chi connectivity index (χ0) is 14.3. The van der Waals surface area contributed by atoms with Crippen molar-refractivity contribution in [2.75, 3.05) is 0 Å². The van der Waals surface area contributed by atoms with Gasteiger partial charge in [0, 0.05) is 10.3 Å². The maximum atomic E-state index is 11.1. The first-order valence-corrected chi connectivity index (χ1v) is 7.64. The predicted octanol–water partition coefficient (Wildman–Crippen LogP) is 4.77. The number of fused-ring (bicyclic) bond motifs is 1. The third kappa shape index (κ3) is 2.15. The Morgan fingerprint density at radius 3 is 2.40 bits per heavy atom. The Labute approximate surface area is 123 Å². The van der Waals surface area contributed by atoms with Crippen molar-refractivity contribution in [3.8, 4) is 0 Å². The molecule has 0 bridgehead atoms. The van der Waals surface area contributed by atoms with Crippen LogP contribution in [0.3, 0.4) is 0 Å². The lowest BCUT2D eigenvalue weighted by atomic mass is 9.86. The molecule has 0 saturated heterocycles. The van der Waals surface area contributed by atoms with Crippen molar-refractivity contribution in [3.63, 3.8) is 0 Å². The van der Waals surface area contributed by atoms with Crippen molar-refractivity contribution in [1.82, 2.24) is 0 Å². The van der Waals surface area contributed by atoms with Crippen molar-refractivity contribution < 1.29 is 5.11 Å². The monoisotopic (exact) mass is 282 g/mol. The molecule has 1 N–H and O–H groups in total. The van der Waals surface area contributed by atoms with Gasteiger partial charge in [-0.1, -0.05) is 47.5 Å². The lowest BCUT2D eigenvalue weighted by Crippen LogP contribution is -2.23. The first kappa shape index (κ1) is 13.3. The lowest BCUT2D eigenvalue weighted by Gasteiger charge is -2.26. The number of thiophene rings is 1. The second kappa shape index (κ2) is 4.72. The Hall–Kier alpha value is -1.64. The summed E-state index contributed by atoms with van der Waals surface area (Å²) >= 11 is 1.68. The molecule has 3 aromatic rings. The molecule has 0 amide bonds. The fraction of sp³-hybridized carbons (Fsp3) is 0.222. The van der Waals surface area contributed by atoms with Crippen LogP contribution in [0.2, 0.25) is 0 Å². The number of benzene rings is 2. The molecule has 1 atom stereocenters. The zero-order valence-corrected chi connectivity index (χ0v) is 12.8. The lowest BCUT2D eigenvalue weighted by molar-refractivity contribution is 0.104. The molecule has 0 fully saturated rings. The topological polar surface area (TPSA) is 20.2 Å². The van der Waals surface area contributed by atoms with Crippen molar-refractivity contribution in [3.05, 3.63) is 70.1 Å². The van der Waals surface area contributed by atoms with Gasteiger partial charge in [-0.05, 0) is 43.2 Å². The molecule has 0 spiro atoms. The van der Waals surface area contributed by atoms with E-state index in [0.29, 0.717) is 0 Å². The smallest absolute Gasteiger partial charge is 0.113 e. The summed E-state index contributed by atoms with van der Waals surface area (Å²) < 4.78 is 1.16. The maximum absolute atomic E-state index is 11.1. The molecule has 1 unspecified atom stereocenters. The quantitative estimate of drug-likeness (QED) is 0.717. The van der Waals surface area contributed by atoms with Crippen LogP contribution in [0.1, 0.15) is 29.2 Å². The van der Waals surface area contributed by atoms with Gasteiger partial charge in [-0.15, -0.1) is 11.3 Å². The molecule has 2 aromatic carbocycles. The zero-order valence-electron chi connectivity index (χ0n) is 12.0. The van der Waals surface area contributed by atoms with Crippen molar-refractivity contribution in [2.45, 2.75) is 26.4 Å². The Bertz CT molecular complexity index is 748. The van der Waals surface area contributed by atoms with Crippen molar-refractivity contribution in [1.29, 1.82) is 0 Å². The van der Waals surface area contributed by atoms with Crippen LogP contribution in [0.4, 0.5) is 0 Å². The Balaban J connectivity index is 2.22. The minimum atomic E-state index is -0.971. The standard InChI is InChI=1S/C18H18OS/c1-12-9-13(2)11-15(10-12)18(3,19)16-6-4-5-14-7-8-20-17(14)16/h4-11,19H,1-3H3. The van der Waals surface area contributed by atoms with Crippen LogP contribution in [0.5, 0.6) is 0 Å². The van der Waals surface area contributed by atoms with Gasteiger partial charge in [-0.3, -0.25) is 0 Å². The SMILES string of the molecule is Cc1cc(C)cc(C(C)(O)c2cccc3ccsc23)c1. The van der Waals surface area contributed by atoms with E-state index in [4.69, 9.17) is 0 Å². The molecule has 3 rings (SSSR count). The molecule has 1 nitrogen and oxygen atoms in total. The molecule has 0 saturated carbocycles. The molecule has 102 valence electrons. The molecular formula is C18H18OS. The third-order valence-electron chi connectivity index (χ3n) is 3.79. The predicted molar refractivity (Wildman–Crippen MR) is 86.4 cm³/mol. The van der Waals surface area contributed by atoms with Gasteiger partial charge < -0.3 is 5.11 Å². The van der Waals surface area contributed by atoms with Gasteiger partial charge in [0.1, 0.15) is 5.60 Å². The van der Waals surface area contributed by atoms with Crippen LogP contribution >= 0.6 is 11.3 Å². The summed E-state index contributed by atoms with van der Waals surface area (Å²) in [6, 6.07) is 14.5. The molecule has 1 heterocycles. The average Bonchev–Trinajstić information content (AvgIpc) is 2.85. The first-order chi connectivity index (χ1) is 9.48. The molecular weight excluding hydrogens is 264 g/mol. The third-order valence-corrected chi connectivity index (χ3v) is 4.75. The average molecular weight is 282 g/mol. The van der Waals surface area contributed by atoms with Gasteiger partial charge in [0.05, 0.1) is 0 Å². The molecule has 20 heavy (non-hydrogen) atoms. The van der Waals surface area contributed by atoms with Crippen molar-refractivity contribution in [2.24, 2.45) is 0 Å². The highest BCUT2D eigenvalue weighted by Gasteiger charge is 2.28. The first-order valence-electron chi connectivity index (χ1n) is 6.76. The number of aliphatic hydroxyl groups is 1. The minimum absolute atomic E-state index is 0.955. The molecule has 0 aliphatic heterocycles. The summed E-state index contributed by atoms with van der Waals surface area (Å²) in [6.45, 7) is 6.02. The van der Waals surface area contributed by atoms with Gasteiger partial charge in [0.15, 0.2) is 0 Å². The van der Waals surface area contributed by atoms with E-state index < -0.39 is 5.60 Å². The number of aryl methyl sites for hydroxylation is 2. The van der Waals surface area contributed by atoms with E-state index in [9.17, 15) is 5.11 Å². The molecule has 2 heteroatoms. The number of hydrogen-bond donors (Lipinski definition) is 1. The second-order valence-electron chi connectivity index (χ2n) is 5.59. The fourth-order valence-corrected chi connectivity index (χ4v) is 3.80. The van der Waals surface area contributed by atoms with E-state index in [1.54, 1.807) is 11.3 Å². The van der Waals surface area contributed by atoms with Crippen LogP contribution in [0.25, 0.3) is 10.1 Å². The largest absolute Gasteiger partial charge is 0.381 e. The molecule has 0 aliphatic carbocycles. The summed E-state index contributed by atoms with van der Waals surface area (Å²) in [6.07, 6.45) is 0. The van der Waals surface area contributed by atoms with Gasteiger partial charge >= 0.3 is 0 Å². The summed E-state index contributed by atoms with van der Waals surface area (Å²) in [5, 5.41) is 14.4. The second-order valence-corrected chi connectivity index (χ2v) is 6.51.